The molecule has 0 aliphatic carbocycles. The van der Waals surface area contributed by atoms with E-state index in [-0.39, 0.29) is 0 Å². The molecule has 10 aromatic rings. The molecule has 45 heavy (non-hydrogen) atoms. The largest absolute Gasteiger partial charge is 0.455 e. The molecule has 0 spiro atoms. The molecule has 4 nitrogen and oxygen atoms in total. The van der Waals surface area contributed by atoms with Crippen molar-refractivity contribution in [3.8, 4) is 28.3 Å². The van der Waals surface area contributed by atoms with E-state index < -0.39 is 0 Å². The Kier molecular flexibility index (Phi) is 5.12. The second-order valence-corrected chi connectivity index (χ2v) is 12.4. The van der Waals surface area contributed by atoms with Crippen molar-refractivity contribution in [2.24, 2.45) is 0 Å². The van der Waals surface area contributed by atoms with Crippen molar-refractivity contribution in [1.82, 2.24) is 14.5 Å². The Bertz CT molecular complexity index is 2770. The molecule has 4 heterocycles. The summed E-state index contributed by atoms with van der Waals surface area (Å²) in [5.41, 5.74) is 8.09. The van der Waals surface area contributed by atoms with Crippen LogP contribution in [-0.4, -0.2) is 14.5 Å². The van der Waals surface area contributed by atoms with Crippen molar-refractivity contribution in [3.05, 3.63) is 140 Å². The van der Waals surface area contributed by atoms with Crippen molar-refractivity contribution in [3.63, 3.8) is 0 Å². The number of aromatic nitrogens is 3. The first-order valence-electron chi connectivity index (χ1n) is 15.0. The van der Waals surface area contributed by atoms with E-state index >= 15 is 0 Å². The first kappa shape index (κ1) is 24.6. The first-order valence-corrected chi connectivity index (χ1v) is 15.8. The molecule has 0 radical (unpaired) electrons. The minimum absolute atomic E-state index is 0.727. The van der Waals surface area contributed by atoms with E-state index in [0.717, 1.165) is 82.3 Å². The molecule has 6 aromatic carbocycles. The second-order valence-electron chi connectivity index (χ2n) is 11.3. The summed E-state index contributed by atoms with van der Waals surface area (Å²) in [5.74, 6) is 0.727. The van der Waals surface area contributed by atoms with Gasteiger partial charge in [0, 0.05) is 42.8 Å². The average Bonchev–Trinajstić information content (AvgIpc) is 3.77. The molecule has 0 bridgehead atoms. The van der Waals surface area contributed by atoms with Crippen LogP contribution in [0.15, 0.2) is 144 Å². The highest BCUT2D eigenvalue weighted by atomic mass is 32.1. The normalized spacial score (nSPS) is 12.0. The molecule has 0 atom stereocenters. The fourth-order valence-electron chi connectivity index (χ4n) is 6.90. The van der Waals surface area contributed by atoms with E-state index in [1.807, 2.05) is 30.3 Å². The lowest BCUT2D eigenvalue weighted by atomic mass is 10.0. The van der Waals surface area contributed by atoms with Crippen molar-refractivity contribution in [2.75, 3.05) is 0 Å². The molecule has 0 aliphatic rings. The number of nitrogens with zero attached hydrogens (tertiary/aromatic N) is 3. The highest BCUT2D eigenvalue weighted by Crippen LogP contribution is 2.44. The van der Waals surface area contributed by atoms with Crippen molar-refractivity contribution >= 4 is 75.4 Å². The number of hydrogen-bond acceptors (Lipinski definition) is 4. The Morgan fingerprint density at radius 1 is 0.533 bits per heavy atom. The summed E-state index contributed by atoms with van der Waals surface area (Å²) < 4.78 is 10.1. The van der Waals surface area contributed by atoms with E-state index in [0.29, 0.717) is 0 Å². The van der Waals surface area contributed by atoms with Crippen LogP contribution in [0.25, 0.3) is 92.4 Å². The quantitative estimate of drug-likeness (QED) is 0.205. The van der Waals surface area contributed by atoms with Gasteiger partial charge in [0.25, 0.3) is 0 Å². The lowest BCUT2D eigenvalue weighted by Gasteiger charge is -2.15. The molecule has 0 aliphatic heterocycles. The number of rotatable bonds is 3. The standard InChI is InChI=1S/C40H23N3OS/c1-2-12-24(13-3-1)39-41-37(36-29-17-7-11-21-34(29)45-40(36)42-39)28-16-5-9-19-31(28)43-30-18-8-4-15-27(30)35-32(43)23-22-26-25-14-6-10-20-33(25)44-38(26)35/h1-23H. The van der Waals surface area contributed by atoms with Gasteiger partial charge >= 0.3 is 0 Å². The van der Waals surface area contributed by atoms with Crippen LogP contribution in [-0.2, 0) is 0 Å². The third-order valence-electron chi connectivity index (χ3n) is 8.85. The Hall–Kier alpha value is -5.78. The van der Waals surface area contributed by atoms with Crippen LogP contribution >= 0.6 is 11.3 Å². The SMILES string of the molecule is c1ccc(-c2nc(-c3ccccc3-n3c4ccccc4c4c5oc6ccccc6c5ccc43)c3c(n2)sc2ccccc23)cc1. The Balaban J connectivity index is 1.33. The summed E-state index contributed by atoms with van der Waals surface area (Å²) >= 11 is 1.72. The van der Waals surface area contributed by atoms with E-state index in [2.05, 4.69) is 114 Å². The summed E-state index contributed by atoms with van der Waals surface area (Å²) in [7, 11) is 0. The van der Waals surface area contributed by atoms with E-state index in [4.69, 9.17) is 14.4 Å². The lowest BCUT2D eigenvalue weighted by molar-refractivity contribution is 0.673. The molecule has 0 N–H and O–H groups in total. The van der Waals surface area contributed by atoms with Gasteiger partial charge in [-0.05, 0) is 36.4 Å². The lowest BCUT2D eigenvalue weighted by Crippen LogP contribution is -2.00. The van der Waals surface area contributed by atoms with Gasteiger partial charge in [-0.15, -0.1) is 11.3 Å². The smallest absolute Gasteiger partial charge is 0.161 e. The van der Waals surface area contributed by atoms with Crippen molar-refractivity contribution in [2.45, 2.75) is 0 Å². The number of para-hydroxylation sites is 3. The zero-order valence-electron chi connectivity index (χ0n) is 23.9. The summed E-state index contributed by atoms with van der Waals surface area (Å²) in [6.45, 7) is 0. The van der Waals surface area contributed by atoms with E-state index in [9.17, 15) is 0 Å². The van der Waals surface area contributed by atoms with Gasteiger partial charge < -0.3 is 8.98 Å². The fourth-order valence-corrected chi connectivity index (χ4v) is 7.97. The molecular formula is C40H23N3OS. The van der Waals surface area contributed by atoms with Crippen LogP contribution in [0.1, 0.15) is 0 Å². The maximum Gasteiger partial charge on any atom is 0.161 e. The maximum absolute atomic E-state index is 6.57. The predicted octanol–water partition coefficient (Wildman–Crippen LogP) is 11.2. The molecule has 0 unspecified atom stereocenters. The van der Waals surface area contributed by atoms with Crippen LogP contribution in [0.5, 0.6) is 0 Å². The Labute approximate surface area is 261 Å². The molecule has 10 rings (SSSR count). The molecule has 0 amide bonds. The summed E-state index contributed by atoms with van der Waals surface area (Å²) in [4.78, 5) is 11.4. The molecule has 0 saturated heterocycles. The van der Waals surface area contributed by atoms with Crippen LogP contribution in [0.2, 0.25) is 0 Å². The molecule has 210 valence electrons. The van der Waals surface area contributed by atoms with Crippen molar-refractivity contribution in [1.29, 1.82) is 0 Å². The Morgan fingerprint density at radius 2 is 1.27 bits per heavy atom. The number of thiophene rings is 1. The average molecular weight is 594 g/mol. The summed E-state index contributed by atoms with van der Waals surface area (Å²) in [6, 6.07) is 48.8. The minimum atomic E-state index is 0.727. The number of fused-ring (bicyclic) bond motifs is 10. The molecule has 0 fully saturated rings. The third-order valence-corrected chi connectivity index (χ3v) is 9.92. The number of furan rings is 1. The van der Waals surface area contributed by atoms with Gasteiger partial charge in [-0.25, -0.2) is 9.97 Å². The highest BCUT2D eigenvalue weighted by Gasteiger charge is 2.23. The third kappa shape index (κ3) is 3.53. The van der Waals surface area contributed by atoms with Gasteiger partial charge in [0.2, 0.25) is 0 Å². The molecular weight excluding hydrogens is 571 g/mol. The minimum Gasteiger partial charge on any atom is -0.455 e. The van der Waals surface area contributed by atoms with E-state index in [1.54, 1.807) is 11.3 Å². The molecule has 4 aromatic heterocycles. The van der Waals surface area contributed by atoms with Gasteiger partial charge in [0.05, 0.1) is 27.8 Å². The van der Waals surface area contributed by atoms with Gasteiger partial charge in [0.1, 0.15) is 16.0 Å². The zero-order valence-corrected chi connectivity index (χ0v) is 24.8. The van der Waals surface area contributed by atoms with Gasteiger partial charge in [-0.3, -0.25) is 0 Å². The van der Waals surface area contributed by atoms with Crippen LogP contribution < -0.4 is 0 Å². The zero-order chi connectivity index (χ0) is 29.5. The van der Waals surface area contributed by atoms with Crippen LogP contribution in [0, 0.1) is 0 Å². The van der Waals surface area contributed by atoms with Crippen LogP contribution in [0.4, 0.5) is 0 Å². The maximum atomic E-state index is 6.57. The number of hydrogen-bond donors (Lipinski definition) is 0. The molecule has 5 heteroatoms. The second kappa shape index (κ2) is 9.36. The van der Waals surface area contributed by atoms with Crippen LogP contribution in [0.3, 0.4) is 0 Å². The predicted molar refractivity (Wildman–Crippen MR) is 187 cm³/mol. The number of benzene rings is 6. The van der Waals surface area contributed by atoms with Gasteiger partial charge in [-0.2, -0.15) is 0 Å². The topological polar surface area (TPSA) is 43.9 Å². The highest BCUT2D eigenvalue weighted by molar-refractivity contribution is 7.25. The van der Waals surface area contributed by atoms with Gasteiger partial charge in [-0.1, -0.05) is 103 Å². The first-order chi connectivity index (χ1) is 22.3. The fraction of sp³-hybridized carbons (Fsp3) is 0. The summed E-state index contributed by atoms with van der Waals surface area (Å²) in [6.07, 6.45) is 0. The van der Waals surface area contributed by atoms with E-state index in [1.165, 1.54) is 10.1 Å². The monoisotopic (exact) mass is 593 g/mol. The Morgan fingerprint density at radius 3 is 2.18 bits per heavy atom. The molecule has 0 saturated carbocycles. The van der Waals surface area contributed by atoms with Gasteiger partial charge in [0.15, 0.2) is 5.82 Å². The van der Waals surface area contributed by atoms with Crippen molar-refractivity contribution < 1.29 is 4.42 Å². The summed E-state index contributed by atoms with van der Waals surface area (Å²) in [5, 5.41) is 6.80.